The number of nitrogens with zero attached hydrogens (tertiary/aromatic N) is 1. The van der Waals surface area contributed by atoms with Crippen molar-refractivity contribution >= 4 is 34.7 Å². The lowest BCUT2D eigenvalue weighted by Gasteiger charge is -2.25. The van der Waals surface area contributed by atoms with E-state index in [2.05, 4.69) is 0 Å². The monoisotopic (exact) mass is 493 g/mol. The third-order valence-corrected chi connectivity index (χ3v) is 6.27. The quantitative estimate of drug-likeness (QED) is 0.247. The van der Waals surface area contributed by atoms with Gasteiger partial charge in [-0.15, -0.1) is 0 Å². The zero-order chi connectivity index (χ0) is 25.5. The lowest BCUT2D eigenvalue weighted by molar-refractivity contribution is -0.132. The molecular weight excluding hydrogens is 466 g/mol. The summed E-state index contributed by atoms with van der Waals surface area (Å²) >= 11 is 6.12. The predicted octanol–water partition coefficient (Wildman–Crippen LogP) is 6.56. The number of furan rings is 1. The smallest absolute Gasteiger partial charge is 0.300 e. The van der Waals surface area contributed by atoms with Gasteiger partial charge in [0.05, 0.1) is 18.4 Å². The Morgan fingerprint density at radius 2 is 1.89 bits per heavy atom. The van der Waals surface area contributed by atoms with Gasteiger partial charge in [0.15, 0.2) is 0 Å². The van der Waals surface area contributed by atoms with Crippen LogP contribution >= 0.6 is 11.6 Å². The minimum absolute atomic E-state index is 0.0386. The average molecular weight is 494 g/mol. The molecule has 1 atom stereocenters. The molecule has 1 amide bonds. The van der Waals surface area contributed by atoms with E-state index < -0.39 is 17.7 Å². The first-order valence-electron chi connectivity index (χ1n) is 11.4. The summed E-state index contributed by atoms with van der Waals surface area (Å²) in [5, 5.41) is 12.0. The van der Waals surface area contributed by atoms with Gasteiger partial charge in [0.1, 0.15) is 23.3 Å². The molecule has 0 bridgehead atoms. The van der Waals surface area contributed by atoms with Crippen LogP contribution in [-0.4, -0.2) is 23.4 Å². The molecule has 35 heavy (non-hydrogen) atoms. The maximum absolute atomic E-state index is 13.3. The molecule has 2 aromatic carbocycles. The lowest BCUT2D eigenvalue weighted by Crippen LogP contribution is -2.29. The van der Waals surface area contributed by atoms with Crippen molar-refractivity contribution in [2.45, 2.75) is 46.1 Å². The van der Waals surface area contributed by atoms with Crippen LogP contribution in [0.3, 0.4) is 0 Å². The number of anilines is 1. The molecule has 182 valence electrons. The molecule has 1 aliphatic heterocycles. The van der Waals surface area contributed by atoms with E-state index in [0.29, 0.717) is 40.0 Å². The van der Waals surface area contributed by atoms with Crippen LogP contribution in [0.5, 0.6) is 5.75 Å². The Labute approximate surface area is 209 Å². The number of carbonyl (C=O) groups is 2. The normalized spacial score (nSPS) is 17.8. The minimum Gasteiger partial charge on any atom is -0.507 e. The summed E-state index contributed by atoms with van der Waals surface area (Å²) in [4.78, 5) is 28.0. The second kappa shape index (κ2) is 9.27. The van der Waals surface area contributed by atoms with E-state index in [9.17, 15) is 14.7 Å². The molecule has 0 spiro atoms. The van der Waals surface area contributed by atoms with E-state index in [1.54, 1.807) is 48.5 Å². The summed E-state index contributed by atoms with van der Waals surface area (Å²) in [6.07, 6.45) is 1.47. The first kappa shape index (κ1) is 24.6. The van der Waals surface area contributed by atoms with Gasteiger partial charge in [-0.3, -0.25) is 14.5 Å². The Hall–Kier alpha value is -3.51. The Morgan fingerprint density at radius 1 is 1.14 bits per heavy atom. The summed E-state index contributed by atoms with van der Waals surface area (Å²) in [6, 6.07) is 12.8. The third-order valence-electron chi connectivity index (χ3n) is 6.04. The van der Waals surface area contributed by atoms with Gasteiger partial charge in [-0.1, -0.05) is 32.4 Å². The molecule has 1 aliphatic rings. The largest absolute Gasteiger partial charge is 0.507 e. The number of halogens is 1. The van der Waals surface area contributed by atoms with Gasteiger partial charge in [0.2, 0.25) is 0 Å². The van der Waals surface area contributed by atoms with Crippen LogP contribution in [0.2, 0.25) is 5.02 Å². The molecule has 2 heterocycles. The number of ether oxygens (including phenoxy) is 1. The Morgan fingerprint density at radius 3 is 2.49 bits per heavy atom. The number of ketones is 1. The third kappa shape index (κ3) is 4.46. The number of benzene rings is 2. The van der Waals surface area contributed by atoms with Gasteiger partial charge in [-0.2, -0.15) is 0 Å². The van der Waals surface area contributed by atoms with E-state index >= 15 is 0 Å². The van der Waals surface area contributed by atoms with Gasteiger partial charge in [-0.25, -0.2) is 0 Å². The van der Waals surface area contributed by atoms with Crippen LogP contribution in [0, 0.1) is 6.92 Å². The van der Waals surface area contributed by atoms with Crippen molar-refractivity contribution in [3.05, 3.63) is 87.8 Å². The van der Waals surface area contributed by atoms with Crippen molar-refractivity contribution in [2.24, 2.45) is 0 Å². The molecule has 0 saturated carbocycles. The molecule has 0 radical (unpaired) electrons. The first-order valence-corrected chi connectivity index (χ1v) is 11.8. The molecular formula is C28H28ClNO5. The van der Waals surface area contributed by atoms with Crippen molar-refractivity contribution in [1.29, 1.82) is 0 Å². The van der Waals surface area contributed by atoms with Crippen LogP contribution in [0.25, 0.3) is 5.76 Å². The number of carbonyl (C=O) groups excluding carboxylic acids is 2. The molecule has 1 fully saturated rings. The molecule has 6 nitrogen and oxygen atoms in total. The van der Waals surface area contributed by atoms with Gasteiger partial charge in [-0.05, 0) is 73.4 Å². The molecule has 3 aromatic rings. The van der Waals surface area contributed by atoms with Crippen LogP contribution < -0.4 is 9.64 Å². The lowest BCUT2D eigenvalue weighted by atomic mass is 9.84. The van der Waals surface area contributed by atoms with E-state index in [-0.39, 0.29) is 16.7 Å². The summed E-state index contributed by atoms with van der Waals surface area (Å²) in [5.41, 5.74) is 2.20. The van der Waals surface area contributed by atoms with Crippen LogP contribution in [0.1, 0.15) is 56.2 Å². The molecule has 0 aliphatic carbocycles. The maximum atomic E-state index is 13.3. The van der Waals surface area contributed by atoms with E-state index in [4.69, 9.17) is 20.8 Å². The summed E-state index contributed by atoms with van der Waals surface area (Å²) < 4.78 is 11.4. The summed E-state index contributed by atoms with van der Waals surface area (Å²) in [5.74, 6) is -0.740. The highest BCUT2D eigenvalue weighted by molar-refractivity contribution is 6.51. The van der Waals surface area contributed by atoms with Crippen molar-refractivity contribution in [2.75, 3.05) is 11.5 Å². The molecule has 1 N–H and O–H groups in total. The Bertz CT molecular complexity index is 1320. The van der Waals surface area contributed by atoms with E-state index in [0.717, 1.165) is 5.56 Å². The molecule has 7 heteroatoms. The molecule has 4 rings (SSSR count). The van der Waals surface area contributed by atoms with Gasteiger partial charge in [0, 0.05) is 21.8 Å². The topological polar surface area (TPSA) is 80.0 Å². The average Bonchev–Trinajstić information content (AvgIpc) is 3.41. The summed E-state index contributed by atoms with van der Waals surface area (Å²) in [7, 11) is 0. The Kier molecular flexibility index (Phi) is 6.52. The maximum Gasteiger partial charge on any atom is 0.300 e. The predicted molar refractivity (Wildman–Crippen MR) is 136 cm³/mol. The van der Waals surface area contributed by atoms with Crippen molar-refractivity contribution in [3.63, 3.8) is 0 Å². The number of hydrogen-bond donors (Lipinski definition) is 1. The molecule has 1 saturated heterocycles. The highest BCUT2D eigenvalue weighted by atomic mass is 35.5. The van der Waals surface area contributed by atoms with Crippen molar-refractivity contribution in [3.8, 4) is 5.75 Å². The van der Waals surface area contributed by atoms with Gasteiger partial charge < -0.3 is 14.3 Å². The number of amides is 1. The number of aliphatic hydroxyl groups is 1. The van der Waals surface area contributed by atoms with Crippen LogP contribution in [0.15, 0.2) is 64.8 Å². The highest BCUT2D eigenvalue weighted by Gasteiger charge is 2.48. The minimum atomic E-state index is -0.936. The second-order valence-corrected chi connectivity index (χ2v) is 9.95. The zero-order valence-corrected chi connectivity index (χ0v) is 21.1. The zero-order valence-electron chi connectivity index (χ0n) is 20.4. The number of aliphatic hydroxyl groups excluding tert-OH is 1. The van der Waals surface area contributed by atoms with Crippen molar-refractivity contribution in [1.82, 2.24) is 0 Å². The van der Waals surface area contributed by atoms with Gasteiger partial charge in [0.25, 0.3) is 11.7 Å². The fourth-order valence-corrected chi connectivity index (χ4v) is 4.61. The van der Waals surface area contributed by atoms with E-state index in [1.165, 1.54) is 11.2 Å². The standard InChI is InChI=1S/C28H28ClNO5/c1-6-34-21-12-9-17(15-19(21)28(3,4)5)25(31)23-24(22-8-7-13-35-22)30(27(33)26(23)32)20-11-10-18(29)14-16(20)2/h7-15,24,31H,6H2,1-5H3/b25-23-. The molecule has 1 unspecified atom stereocenters. The number of hydrogen-bond acceptors (Lipinski definition) is 5. The van der Waals surface area contributed by atoms with Crippen LogP contribution in [0.4, 0.5) is 5.69 Å². The Balaban J connectivity index is 1.93. The van der Waals surface area contributed by atoms with Crippen LogP contribution in [-0.2, 0) is 15.0 Å². The highest BCUT2D eigenvalue weighted by Crippen LogP contribution is 2.44. The fraction of sp³-hybridized carbons (Fsp3) is 0.286. The second-order valence-electron chi connectivity index (χ2n) is 9.51. The number of aryl methyl sites for hydroxylation is 1. The van der Waals surface area contributed by atoms with Gasteiger partial charge >= 0.3 is 0 Å². The van der Waals surface area contributed by atoms with Crippen molar-refractivity contribution < 1.29 is 23.8 Å². The molecule has 1 aromatic heterocycles. The number of Topliss-reactive ketones (excluding diaryl/α,β-unsaturated/α-hetero) is 1. The number of rotatable bonds is 5. The fourth-order valence-electron chi connectivity index (χ4n) is 4.39. The van der Waals surface area contributed by atoms with E-state index in [1.807, 2.05) is 34.6 Å². The summed E-state index contributed by atoms with van der Waals surface area (Å²) in [6.45, 7) is 10.3. The first-order chi connectivity index (χ1) is 16.5. The SMILES string of the molecule is CCOc1ccc(/C(O)=C2/C(=O)C(=O)N(c3ccc(Cl)cc3C)C2c2ccco2)cc1C(C)(C)C.